The zero-order valence-corrected chi connectivity index (χ0v) is 20.0. The molecule has 7 heteroatoms. The lowest BCUT2D eigenvalue weighted by atomic mass is 10.0. The van der Waals surface area contributed by atoms with Crippen LogP contribution in [0.25, 0.3) is 22.2 Å². The number of halogens is 3. The molecule has 0 saturated carbocycles. The number of carbonyl (C=O) groups is 1. The number of amides is 1. The van der Waals surface area contributed by atoms with E-state index in [4.69, 9.17) is 39.8 Å². The molecule has 0 radical (unpaired) electrons. The molecule has 0 unspecified atom stereocenters. The van der Waals surface area contributed by atoms with Crippen LogP contribution < -0.4 is 10.2 Å². The molecular formula is C26H22Cl3N3O. The zero-order chi connectivity index (χ0) is 23.2. The average molecular weight is 499 g/mol. The summed E-state index contributed by atoms with van der Waals surface area (Å²) in [7, 11) is 0. The van der Waals surface area contributed by atoms with Crippen molar-refractivity contribution >= 4 is 63.0 Å². The number of rotatable bonds is 8. The Morgan fingerprint density at radius 2 is 1.61 bits per heavy atom. The van der Waals surface area contributed by atoms with E-state index >= 15 is 0 Å². The molecule has 0 aliphatic rings. The molecule has 33 heavy (non-hydrogen) atoms. The molecule has 3 aromatic carbocycles. The van der Waals surface area contributed by atoms with Crippen molar-refractivity contribution in [2.75, 3.05) is 35.1 Å². The fourth-order valence-electron chi connectivity index (χ4n) is 3.69. The van der Waals surface area contributed by atoms with Gasteiger partial charge in [-0.3, -0.25) is 4.79 Å². The first-order valence-corrected chi connectivity index (χ1v) is 12.0. The van der Waals surface area contributed by atoms with Gasteiger partial charge in [0.2, 0.25) is 0 Å². The fraction of sp³-hybridized carbons (Fsp3) is 0.154. The molecule has 1 heterocycles. The van der Waals surface area contributed by atoms with Gasteiger partial charge in [0.25, 0.3) is 5.91 Å². The first-order valence-electron chi connectivity index (χ1n) is 10.5. The van der Waals surface area contributed by atoms with Gasteiger partial charge in [-0.25, -0.2) is 4.98 Å². The van der Waals surface area contributed by atoms with E-state index in [0.717, 1.165) is 22.2 Å². The van der Waals surface area contributed by atoms with Crippen molar-refractivity contribution in [2.24, 2.45) is 0 Å². The molecule has 168 valence electrons. The molecule has 0 atom stereocenters. The van der Waals surface area contributed by atoms with E-state index in [9.17, 15) is 4.79 Å². The normalized spacial score (nSPS) is 10.9. The number of nitrogens with one attached hydrogen (secondary N) is 1. The maximum absolute atomic E-state index is 13.3. The standard InChI is InChI=1S/C26H22Cl3N3O/c27-12-14-32(15-13-28)21-10-8-20(9-11-21)30-26(33)23-17-25(18-4-3-5-19(29)16-18)31-24-7-2-1-6-22(23)24/h1-11,16-17H,12-15H2,(H,30,33). The Kier molecular flexibility index (Phi) is 7.71. The SMILES string of the molecule is O=C(Nc1ccc(N(CCCl)CCCl)cc1)c1cc(-c2cccc(Cl)c2)nc2ccccc12. The second-order valence-electron chi connectivity index (χ2n) is 7.45. The van der Waals surface area contributed by atoms with Crippen LogP contribution in [0.1, 0.15) is 10.4 Å². The number of alkyl halides is 2. The van der Waals surface area contributed by atoms with Crippen molar-refractivity contribution in [1.82, 2.24) is 4.98 Å². The summed E-state index contributed by atoms with van der Waals surface area (Å²) in [5, 5.41) is 4.41. The highest BCUT2D eigenvalue weighted by Gasteiger charge is 2.15. The fourth-order valence-corrected chi connectivity index (χ4v) is 4.29. The first kappa shape index (κ1) is 23.4. The lowest BCUT2D eigenvalue weighted by Crippen LogP contribution is -2.27. The molecule has 1 aromatic heterocycles. The Hall–Kier alpha value is -2.79. The van der Waals surface area contributed by atoms with E-state index in [1.54, 1.807) is 6.07 Å². The van der Waals surface area contributed by atoms with Gasteiger partial charge >= 0.3 is 0 Å². The first-order chi connectivity index (χ1) is 16.1. The maximum Gasteiger partial charge on any atom is 0.256 e. The monoisotopic (exact) mass is 497 g/mol. The predicted octanol–water partition coefficient (Wildman–Crippen LogP) is 7.09. The smallest absolute Gasteiger partial charge is 0.256 e. The second kappa shape index (κ2) is 10.9. The molecule has 1 amide bonds. The molecule has 1 N–H and O–H groups in total. The van der Waals surface area contributed by atoms with Crippen LogP contribution in [0.2, 0.25) is 5.02 Å². The molecule has 0 bridgehead atoms. The summed E-state index contributed by atoms with van der Waals surface area (Å²) in [5.74, 6) is 0.821. The van der Waals surface area contributed by atoms with Gasteiger partial charge in [-0.2, -0.15) is 0 Å². The molecule has 4 aromatic rings. The molecule has 0 aliphatic heterocycles. The lowest BCUT2D eigenvalue weighted by molar-refractivity contribution is 0.102. The number of fused-ring (bicyclic) bond motifs is 1. The number of nitrogens with zero attached hydrogens (tertiary/aromatic N) is 2. The number of para-hydroxylation sites is 1. The van der Waals surface area contributed by atoms with Crippen molar-refractivity contribution in [3.63, 3.8) is 0 Å². The van der Waals surface area contributed by atoms with E-state index in [1.807, 2.05) is 72.8 Å². The van der Waals surface area contributed by atoms with Gasteiger partial charge < -0.3 is 10.2 Å². The Morgan fingerprint density at radius 1 is 0.879 bits per heavy atom. The van der Waals surface area contributed by atoms with Crippen LogP contribution in [0.5, 0.6) is 0 Å². The molecule has 0 aliphatic carbocycles. The van der Waals surface area contributed by atoms with Gasteiger partial charge in [-0.1, -0.05) is 41.9 Å². The Balaban J connectivity index is 1.64. The minimum atomic E-state index is -0.206. The highest BCUT2D eigenvalue weighted by atomic mass is 35.5. The summed E-state index contributed by atoms with van der Waals surface area (Å²) >= 11 is 18.0. The molecule has 4 rings (SSSR count). The van der Waals surface area contributed by atoms with E-state index in [1.165, 1.54) is 0 Å². The Labute approximate surface area is 208 Å². The van der Waals surface area contributed by atoms with Crippen LogP contribution >= 0.6 is 34.8 Å². The topological polar surface area (TPSA) is 45.2 Å². The summed E-state index contributed by atoms with van der Waals surface area (Å²) in [5.41, 5.74) is 4.54. The minimum absolute atomic E-state index is 0.206. The Bertz CT molecular complexity index is 1260. The minimum Gasteiger partial charge on any atom is -0.369 e. The summed E-state index contributed by atoms with van der Waals surface area (Å²) < 4.78 is 0. The van der Waals surface area contributed by atoms with Gasteiger partial charge in [-0.05, 0) is 48.5 Å². The van der Waals surface area contributed by atoms with E-state index in [-0.39, 0.29) is 5.91 Å². The predicted molar refractivity (Wildman–Crippen MR) is 140 cm³/mol. The number of benzene rings is 3. The third-order valence-corrected chi connectivity index (χ3v) is 5.85. The number of carbonyl (C=O) groups excluding carboxylic acids is 1. The van der Waals surface area contributed by atoms with E-state index in [0.29, 0.717) is 46.8 Å². The van der Waals surface area contributed by atoms with Gasteiger partial charge in [0.05, 0.1) is 16.8 Å². The summed E-state index contributed by atoms with van der Waals surface area (Å²) in [6, 6.07) is 24.5. The molecular weight excluding hydrogens is 477 g/mol. The largest absolute Gasteiger partial charge is 0.369 e. The van der Waals surface area contributed by atoms with Crippen molar-refractivity contribution in [3.8, 4) is 11.3 Å². The molecule has 0 saturated heterocycles. The second-order valence-corrected chi connectivity index (χ2v) is 8.64. The third kappa shape index (κ3) is 5.59. The van der Waals surface area contributed by atoms with Crippen molar-refractivity contribution < 1.29 is 4.79 Å². The summed E-state index contributed by atoms with van der Waals surface area (Å²) in [6.45, 7) is 1.41. The van der Waals surface area contributed by atoms with Crippen LogP contribution in [0, 0.1) is 0 Å². The van der Waals surface area contributed by atoms with Crippen LogP contribution in [0.15, 0.2) is 78.9 Å². The maximum atomic E-state index is 13.3. The third-order valence-electron chi connectivity index (χ3n) is 5.28. The van der Waals surface area contributed by atoms with E-state index < -0.39 is 0 Å². The van der Waals surface area contributed by atoms with Gasteiger partial charge in [0.1, 0.15) is 0 Å². The van der Waals surface area contributed by atoms with E-state index in [2.05, 4.69) is 10.2 Å². The van der Waals surface area contributed by atoms with Gasteiger partial charge in [-0.15, -0.1) is 23.2 Å². The molecule has 0 spiro atoms. The summed E-state index contributed by atoms with van der Waals surface area (Å²) in [4.78, 5) is 20.1. The number of anilines is 2. The van der Waals surface area contributed by atoms with Gasteiger partial charge in [0, 0.05) is 52.2 Å². The average Bonchev–Trinajstić information content (AvgIpc) is 2.83. The molecule has 4 nitrogen and oxygen atoms in total. The quantitative estimate of drug-likeness (QED) is 0.264. The number of hydrogen-bond donors (Lipinski definition) is 1. The van der Waals surface area contributed by atoms with Crippen LogP contribution in [0.3, 0.4) is 0 Å². The molecule has 0 fully saturated rings. The van der Waals surface area contributed by atoms with Crippen LogP contribution in [-0.2, 0) is 0 Å². The van der Waals surface area contributed by atoms with Crippen LogP contribution in [-0.4, -0.2) is 35.7 Å². The Morgan fingerprint density at radius 3 is 2.30 bits per heavy atom. The van der Waals surface area contributed by atoms with Gasteiger partial charge in [0.15, 0.2) is 0 Å². The highest BCUT2D eigenvalue weighted by Crippen LogP contribution is 2.27. The van der Waals surface area contributed by atoms with Crippen LogP contribution in [0.4, 0.5) is 11.4 Å². The highest BCUT2D eigenvalue weighted by molar-refractivity contribution is 6.30. The lowest BCUT2D eigenvalue weighted by Gasteiger charge is -2.23. The van der Waals surface area contributed by atoms with Crippen molar-refractivity contribution in [1.29, 1.82) is 0 Å². The van der Waals surface area contributed by atoms with Crippen molar-refractivity contribution in [3.05, 3.63) is 89.4 Å². The zero-order valence-electron chi connectivity index (χ0n) is 17.8. The number of hydrogen-bond acceptors (Lipinski definition) is 3. The summed E-state index contributed by atoms with van der Waals surface area (Å²) in [6.07, 6.45) is 0. The number of aromatic nitrogens is 1. The van der Waals surface area contributed by atoms with Crippen molar-refractivity contribution in [2.45, 2.75) is 0 Å². The number of pyridine rings is 1.